The van der Waals surface area contributed by atoms with Crippen LogP contribution in [0.3, 0.4) is 0 Å². The van der Waals surface area contributed by atoms with Gasteiger partial charge in [-0.05, 0) is 50.8 Å². The summed E-state index contributed by atoms with van der Waals surface area (Å²) in [5, 5.41) is 21.2. The highest BCUT2D eigenvalue weighted by atomic mass is 16.6. The zero-order valence-corrected chi connectivity index (χ0v) is 19.4. The predicted octanol–water partition coefficient (Wildman–Crippen LogP) is 4.12. The first-order valence-corrected chi connectivity index (χ1v) is 10.8. The molecule has 174 valence electrons. The summed E-state index contributed by atoms with van der Waals surface area (Å²) in [6, 6.07) is 10.5. The van der Waals surface area contributed by atoms with Crippen molar-refractivity contribution in [2.75, 3.05) is 20.3 Å². The van der Waals surface area contributed by atoms with Gasteiger partial charge < -0.3 is 24.4 Å². The number of aryl methyl sites for hydroxylation is 1. The van der Waals surface area contributed by atoms with Crippen LogP contribution in [-0.4, -0.2) is 53.2 Å². The fourth-order valence-electron chi connectivity index (χ4n) is 4.18. The molecule has 2 atom stereocenters. The minimum atomic E-state index is -0.709. The van der Waals surface area contributed by atoms with Crippen molar-refractivity contribution < 1.29 is 29.2 Å². The van der Waals surface area contributed by atoms with Gasteiger partial charge in [0.1, 0.15) is 5.60 Å². The molecule has 32 heavy (non-hydrogen) atoms. The number of hydrogen-bond donors (Lipinski definition) is 2. The quantitative estimate of drug-likeness (QED) is 0.698. The van der Waals surface area contributed by atoms with Gasteiger partial charge in [-0.3, -0.25) is 4.90 Å². The monoisotopic (exact) mass is 443 g/mol. The third-order valence-electron chi connectivity index (χ3n) is 5.49. The zero-order chi connectivity index (χ0) is 23.5. The molecular weight excluding hydrogens is 410 g/mol. The Hall–Kier alpha value is -2.77. The van der Waals surface area contributed by atoms with E-state index in [1.54, 1.807) is 20.8 Å². The summed E-state index contributed by atoms with van der Waals surface area (Å²) >= 11 is 0. The molecule has 3 rings (SSSR count). The number of phenolic OH excluding ortho intramolecular Hbond substituents is 1. The van der Waals surface area contributed by atoms with Gasteiger partial charge in [-0.25, -0.2) is 4.79 Å². The Labute approximate surface area is 189 Å². The largest absolute Gasteiger partial charge is 0.504 e. The van der Waals surface area contributed by atoms with Crippen molar-refractivity contribution in [3.63, 3.8) is 0 Å². The lowest BCUT2D eigenvalue weighted by Crippen LogP contribution is -2.52. The van der Waals surface area contributed by atoms with Crippen molar-refractivity contribution in [2.24, 2.45) is 0 Å². The highest BCUT2D eigenvalue weighted by molar-refractivity contribution is 5.71. The van der Waals surface area contributed by atoms with Crippen LogP contribution in [0.25, 0.3) is 0 Å². The lowest BCUT2D eigenvalue weighted by atomic mass is 9.86. The van der Waals surface area contributed by atoms with Gasteiger partial charge >= 0.3 is 6.09 Å². The molecule has 0 saturated carbocycles. The molecule has 1 amide bonds. The van der Waals surface area contributed by atoms with E-state index in [-0.39, 0.29) is 19.0 Å². The second-order valence-electron chi connectivity index (χ2n) is 9.09. The third-order valence-corrected chi connectivity index (χ3v) is 5.49. The number of nitrogens with zero attached hydrogens (tertiary/aromatic N) is 1. The van der Waals surface area contributed by atoms with Crippen LogP contribution in [-0.2, 0) is 22.5 Å². The van der Waals surface area contributed by atoms with E-state index in [1.807, 2.05) is 43.3 Å². The number of carbonyl (C=O) groups is 1. The summed E-state index contributed by atoms with van der Waals surface area (Å²) in [7, 11) is 1.50. The molecule has 1 heterocycles. The van der Waals surface area contributed by atoms with E-state index in [0.717, 1.165) is 16.7 Å². The maximum Gasteiger partial charge on any atom is 0.411 e. The topological polar surface area (TPSA) is 88.5 Å². The van der Waals surface area contributed by atoms with Gasteiger partial charge in [-0.1, -0.05) is 36.4 Å². The van der Waals surface area contributed by atoms with Crippen LogP contribution < -0.4 is 4.74 Å². The Balaban J connectivity index is 2.01. The first-order chi connectivity index (χ1) is 15.2. The number of aliphatic hydroxyl groups excluding tert-OH is 1. The van der Waals surface area contributed by atoms with E-state index in [1.165, 1.54) is 12.0 Å². The van der Waals surface area contributed by atoms with Gasteiger partial charge in [0, 0.05) is 5.56 Å². The highest BCUT2D eigenvalue weighted by Crippen LogP contribution is 2.45. The van der Waals surface area contributed by atoms with Crippen molar-refractivity contribution in [2.45, 2.75) is 58.4 Å². The minimum Gasteiger partial charge on any atom is -0.504 e. The van der Waals surface area contributed by atoms with Crippen molar-refractivity contribution in [3.8, 4) is 11.5 Å². The average Bonchev–Trinajstić information content (AvgIpc) is 2.72. The van der Waals surface area contributed by atoms with Crippen molar-refractivity contribution in [1.82, 2.24) is 4.90 Å². The summed E-state index contributed by atoms with van der Waals surface area (Å²) in [5.74, 6) is 0.351. The van der Waals surface area contributed by atoms with Crippen molar-refractivity contribution in [1.29, 1.82) is 0 Å². The fraction of sp³-hybridized carbons (Fsp3) is 0.480. The molecule has 0 bridgehead atoms. The van der Waals surface area contributed by atoms with Gasteiger partial charge in [0.2, 0.25) is 0 Å². The molecule has 2 aromatic rings. The maximum absolute atomic E-state index is 13.2. The molecular formula is C25H33NO6. The molecule has 0 fully saturated rings. The molecule has 7 heteroatoms. The van der Waals surface area contributed by atoms with E-state index >= 15 is 0 Å². The average molecular weight is 444 g/mol. The molecule has 2 aromatic carbocycles. The van der Waals surface area contributed by atoms with Gasteiger partial charge in [-0.2, -0.15) is 0 Å². The number of fused-ring (bicyclic) bond motifs is 1. The summed E-state index contributed by atoms with van der Waals surface area (Å²) in [5.41, 5.74) is 2.50. The normalized spacial score (nSPS) is 18.2. The molecule has 0 saturated heterocycles. The number of aromatic hydroxyl groups is 1. The van der Waals surface area contributed by atoms with Gasteiger partial charge in [0.15, 0.2) is 11.5 Å². The molecule has 0 aliphatic carbocycles. The molecule has 1 aliphatic heterocycles. The molecule has 0 radical (unpaired) electrons. The number of aliphatic hydroxyl groups is 1. The van der Waals surface area contributed by atoms with Crippen LogP contribution in [0, 0.1) is 6.92 Å². The van der Waals surface area contributed by atoms with E-state index in [2.05, 4.69) is 0 Å². The van der Waals surface area contributed by atoms with E-state index in [4.69, 9.17) is 14.2 Å². The first kappa shape index (κ1) is 23.9. The Kier molecular flexibility index (Phi) is 7.31. The van der Waals surface area contributed by atoms with Crippen LogP contribution in [0.4, 0.5) is 4.79 Å². The Morgan fingerprint density at radius 3 is 2.50 bits per heavy atom. The Morgan fingerprint density at radius 1 is 1.22 bits per heavy atom. The molecule has 2 N–H and O–H groups in total. The first-order valence-electron chi connectivity index (χ1n) is 10.8. The summed E-state index contributed by atoms with van der Waals surface area (Å²) in [6.45, 7) is 7.47. The molecule has 0 aromatic heterocycles. The second-order valence-corrected chi connectivity index (χ2v) is 9.09. The summed E-state index contributed by atoms with van der Waals surface area (Å²) in [6.07, 6.45) is -0.173. The van der Waals surface area contributed by atoms with Crippen LogP contribution >= 0.6 is 0 Å². The minimum absolute atomic E-state index is 0.0132. The zero-order valence-electron chi connectivity index (χ0n) is 19.4. The number of phenols is 1. The van der Waals surface area contributed by atoms with Crippen LogP contribution in [0.15, 0.2) is 36.4 Å². The second kappa shape index (κ2) is 9.79. The maximum atomic E-state index is 13.2. The lowest BCUT2D eigenvalue weighted by molar-refractivity contribution is -0.0273. The molecule has 0 spiro atoms. The molecule has 2 unspecified atom stereocenters. The standard InChI is InChI=1S/C25H33NO6/c1-16-11-18-12-19(13-27)26(24(29)32-25(2,3)4)20(21(18)22(28)23(16)30-5)15-31-14-17-9-7-6-8-10-17/h6-11,19-20,27-28H,12-15H2,1-5H3. The van der Waals surface area contributed by atoms with Gasteiger partial charge in [-0.15, -0.1) is 0 Å². The van der Waals surface area contributed by atoms with Crippen molar-refractivity contribution >= 4 is 6.09 Å². The van der Waals surface area contributed by atoms with E-state index < -0.39 is 23.8 Å². The Bertz CT molecular complexity index is 938. The Morgan fingerprint density at radius 2 is 1.91 bits per heavy atom. The van der Waals surface area contributed by atoms with Gasteiger partial charge in [0.25, 0.3) is 0 Å². The van der Waals surface area contributed by atoms with Crippen LogP contribution in [0.2, 0.25) is 0 Å². The predicted molar refractivity (Wildman–Crippen MR) is 121 cm³/mol. The number of ether oxygens (including phenoxy) is 3. The van der Waals surface area contributed by atoms with Gasteiger partial charge in [0.05, 0.1) is 39.0 Å². The summed E-state index contributed by atoms with van der Waals surface area (Å²) < 4.78 is 17.1. The van der Waals surface area contributed by atoms with E-state index in [0.29, 0.717) is 24.3 Å². The summed E-state index contributed by atoms with van der Waals surface area (Å²) in [4.78, 5) is 14.7. The number of amides is 1. The number of hydrogen-bond acceptors (Lipinski definition) is 6. The highest BCUT2D eigenvalue weighted by Gasteiger charge is 2.42. The van der Waals surface area contributed by atoms with Crippen LogP contribution in [0.1, 0.15) is 49.1 Å². The number of rotatable bonds is 6. The van der Waals surface area contributed by atoms with Crippen molar-refractivity contribution in [3.05, 3.63) is 58.7 Å². The third kappa shape index (κ3) is 5.16. The van der Waals surface area contributed by atoms with E-state index in [9.17, 15) is 15.0 Å². The number of carbonyl (C=O) groups excluding carboxylic acids is 1. The lowest BCUT2D eigenvalue weighted by Gasteiger charge is -2.43. The number of methoxy groups -OCH3 is 1. The SMILES string of the molecule is COc1c(C)cc2c(c1O)C(COCc1ccccc1)N(C(=O)OC(C)(C)C)C(CO)C2. The molecule has 7 nitrogen and oxygen atoms in total. The number of benzene rings is 2. The smallest absolute Gasteiger partial charge is 0.411 e. The fourth-order valence-corrected chi connectivity index (χ4v) is 4.18. The molecule has 1 aliphatic rings. The van der Waals surface area contributed by atoms with Crippen LogP contribution in [0.5, 0.6) is 11.5 Å².